The zero-order valence-electron chi connectivity index (χ0n) is 9.36. The molecule has 0 spiro atoms. The predicted octanol–water partition coefficient (Wildman–Crippen LogP) is 1.06. The van der Waals surface area contributed by atoms with Gasteiger partial charge >= 0.3 is 0 Å². The molecule has 3 unspecified atom stereocenters. The van der Waals surface area contributed by atoms with Gasteiger partial charge in [0.2, 0.25) is 0 Å². The van der Waals surface area contributed by atoms with Crippen LogP contribution in [0.3, 0.4) is 0 Å². The molecule has 3 atom stereocenters. The molecule has 3 heteroatoms. The summed E-state index contributed by atoms with van der Waals surface area (Å²) in [5.41, 5.74) is 0. The van der Waals surface area contributed by atoms with Crippen LogP contribution in [-0.2, 0) is 4.79 Å². The van der Waals surface area contributed by atoms with Crippen LogP contribution in [-0.4, -0.2) is 41.0 Å². The second-order valence-electron chi connectivity index (χ2n) is 4.28. The van der Waals surface area contributed by atoms with E-state index < -0.39 is 0 Å². The number of likely N-dealkylation sites (tertiary alicyclic amines) is 1. The standard InChI is InChI=1S/C11H21NO2/c1-4-11(14)8(2)12-6-5-10(7-12)9(3)13/h8-10,13H,4-7H2,1-3H3. The van der Waals surface area contributed by atoms with Crippen LogP contribution >= 0.6 is 0 Å². The van der Waals surface area contributed by atoms with E-state index >= 15 is 0 Å². The van der Waals surface area contributed by atoms with E-state index in [1.807, 2.05) is 20.8 Å². The Balaban J connectivity index is 2.45. The van der Waals surface area contributed by atoms with Crippen molar-refractivity contribution in [2.75, 3.05) is 13.1 Å². The number of carbonyl (C=O) groups excluding carboxylic acids is 1. The van der Waals surface area contributed by atoms with Crippen LogP contribution in [0.2, 0.25) is 0 Å². The van der Waals surface area contributed by atoms with Gasteiger partial charge < -0.3 is 5.11 Å². The van der Waals surface area contributed by atoms with E-state index in [1.165, 1.54) is 0 Å². The molecule has 0 saturated carbocycles. The molecule has 3 nitrogen and oxygen atoms in total. The predicted molar refractivity (Wildman–Crippen MR) is 56.1 cm³/mol. The number of hydrogen-bond acceptors (Lipinski definition) is 3. The number of carbonyl (C=O) groups is 1. The maximum atomic E-state index is 11.5. The van der Waals surface area contributed by atoms with Gasteiger partial charge in [-0.05, 0) is 32.7 Å². The first-order chi connectivity index (χ1) is 6.56. The van der Waals surface area contributed by atoms with E-state index in [0.29, 0.717) is 18.1 Å². The van der Waals surface area contributed by atoms with Gasteiger partial charge in [-0.15, -0.1) is 0 Å². The Labute approximate surface area is 86.1 Å². The molecule has 0 amide bonds. The normalized spacial score (nSPS) is 27.6. The molecule has 1 heterocycles. The van der Waals surface area contributed by atoms with Gasteiger partial charge in [-0.25, -0.2) is 0 Å². The zero-order chi connectivity index (χ0) is 10.7. The van der Waals surface area contributed by atoms with E-state index in [2.05, 4.69) is 4.90 Å². The van der Waals surface area contributed by atoms with Crippen molar-refractivity contribution in [3.8, 4) is 0 Å². The highest BCUT2D eigenvalue weighted by Gasteiger charge is 2.30. The zero-order valence-corrected chi connectivity index (χ0v) is 9.36. The first-order valence-corrected chi connectivity index (χ1v) is 5.51. The summed E-state index contributed by atoms with van der Waals surface area (Å²) in [5, 5.41) is 9.44. The summed E-state index contributed by atoms with van der Waals surface area (Å²) in [6, 6.07) is 0.0312. The molecule has 1 rings (SSSR count). The molecular formula is C11H21NO2. The summed E-state index contributed by atoms with van der Waals surface area (Å²) in [4.78, 5) is 13.7. The highest BCUT2D eigenvalue weighted by atomic mass is 16.3. The highest BCUT2D eigenvalue weighted by molar-refractivity contribution is 5.83. The first-order valence-electron chi connectivity index (χ1n) is 5.51. The third-order valence-electron chi connectivity index (χ3n) is 3.30. The van der Waals surface area contributed by atoms with Gasteiger partial charge in [-0.1, -0.05) is 6.92 Å². The topological polar surface area (TPSA) is 40.5 Å². The van der Waals surface area contributed by atoms with Crippen molar-refractivity contribution in [3.63, 3.8) is 0 Å². The summed E-state index contributed by atoms with van der Waals surface area (Å²) < 4.78 is 0. The number of Topliss-reactive ketones (excluding diaryl/α,β-unsaturated/α-hetero) is 1. The molecule has 1 fully saturated rings. The molecule has 1 aliphatic rings. The quantitative estimate of drug-likeness (QED) is 0.736. The second kappa shape index (κ2) is 4.89. The van der Waals surface area contributed by atoms with Gasteiger partial charge in [-0.3, -0.25) is 9.69 Å². The molecule has 82 valence electrons. The van der Waals surface area contributed by atoms with Gasteiger partial charge in [0.25, 0.3) is 0 Å². The minimum absolute atomic E-state index is 0.0312. The number of aliphatic hydroxyl groups excluding tert-OH is 1. The van der Waals surface area contributed by atoms with E-state index in [1.54, 1.807) is 0 Å². The smallest absolute Gasteiger partial charge is 0.149 e. The maximum absolute atomic E-state index is 11.5. The van der Waals surface area contributed by atoms with Crippen molar-refractivity contribution < 1.29 is 9.90 Å². The van der Waals surface area contributed by atoms with Crippen LogP contribution in [0, 0.1) is 5.92 Å². The molecule has 0 aromatic heterocycles. The molecule has 0 radical (unpaired) electrons. The van der Waals surface area contributed by atoms with Crippen LogP contribution in [0.5, 0.6) is 0 Å². The summed E-state index contributed by atoms with van der Waals surface area (Å²) in [7, 11) is 0. The molecule has 0 aliphatic carbocycles. The monoisotopic (exact) mass is 199 g/mol. The highest BCUT2D eigenvalue weighted by Crippen LogP contribution is 2.22. The molecule has 1 aliphatic heterocycles. The van der Waals surface area contributed by atoms with Gasteiger partial charge in [-0.2, -0.15) is 0 Å². The van der Waals surface area contributed by atoms with Crippen LogP contribution in [0.25, 0.3) is 0 Å². The lowest BCUT2D eigenvalue weighted by atomic mass is 10.0. The third-order valence-corrected chi connectivity index (χ3v) is 3.30. The Hall–Kier alpha value is -0.410. The number of ketones is 1. The van der Waals surface area contributed by atoms with E-state index in [9.17, 15) is 9.90 Å². The van der Waals surface area contributed by atoms with Gasteiger partial charge in [0, 0.05) is 13.0 Å². The molecular weight excluding hydrogens is 178 g/mol. The Morgan fingerprint density at radius 3 is 2.64 bits per heavy atom. The molecule has 0 aromatic rings. The average Bonchev–Trinajstić information content (AvgIpc) is 2.64. The first kappa shape index (κ1) is 11.7. The molecule has 14 heavy (non-hydrogen) atoms. The lowest BCUT2D eigenvalue weighted by Gasteiger charge is -2.23. The fourth-order valence-corrected chi connectivity index (χ4v) is 2.06. The van der Waals surface area contributed by atoms with Crippen molar-refractivity contribution in [2.24, 2.45) is 5.92 Å². The Kier molecular flexibility index (Phi) is 4.08. The van der Waals surface area contributed by atoms with E-state index in [-0.39, 0.29) is 12.1 Å². The van der Waals surface area contributed by atoms with E-state index in [0.717, 1.165) is 19.5 Å². The SMILES string of the molecule is CCC(=O)C(C)N1CCC(C(C)O)C1. The Bertz CT molecular complexity index is 203. The van der Waals surface area contributed by atoms with Crippen LogP contribution in [0.4, 0.5) is 0 Å². The van der Waals surface area contributed by atoms with Crippen LogP contribution < -0.4 is 0 Å². The minimum Gasteiger partial charge on any atom is -0.393 e. The minimum atomic E-state index is -0.246. The largest absolute Gasteiger partial charge is 0.393 e. The second-order valence-corrected chi connectivity index (χ2v) is 4.28. The van der Waals surface area contributed by atoms with Crippen LogP contribution in [0.15, 0.2) is 0 Å². The summed E-state index contributed by atoms with van der Waals surface area (Å²) >= 11 is 0. The van der Waals surface area contributed by atoms with Crippen molar-refractivity contribution >= 4 is 5.78 Å². The van der Waals surface area contributed by atoms with E-state index in [4.69, 9.17) is 0 Å². The lowest BCUT2D eigenvalue weighted by Crippen LogP contribution is -2.37. The summed E-state index contributed by atoms with van der Waals surface area (Å²) in [5.74, 6) is 0.651. The number of aliphatic hydroxyl groups is 1. The summed E-state index contributed by atoms with van der Waals surface area (Å²) in [6.45, 7) is 7.52. The fraction of sp³-hybridized carbons (Fsp3) is 0.909. The maximum Gasteiger partial charge on any atom is 0.149 e. The van der Waals surface area contributed by atoms with Crippen molar-refractivity contribution in [1.82, 2.24) is 4.90 Å². The Morgan fingerprint density at radius 2 is 2.21 bits per heavy atom. The van der Waals surface area contributed by atoms with Crippen molar-refractivity contribution in [3.05, 3.63) is 0 Å². The summed E-state index contributed by atoms with van der Waals surface area (Å²) in [6.07, 6.45) is 1.37. The fourth-order valence-electron chi connectivity index (χ4n) is 2.06. The number of rotatable bonds is 4. The van der Waals surface area contributed by atoms with Gasteiger partial charge in [0.05, 0.1) is 12.1 Å². The third kappa shape index (κ3) is 2.55. The average molecular weight is 199 g/mol. The molecule has 0 aromatic carbocycles. The number of hydrogen-bond donors (Lipinski definition) is 1. The Morgan fingerprint density at radius 1 is 1.57 bits per heavy atom. The molecule has 1 N–H and O–H groups in total. The van der Waals surface area contributed by atoms with Crippen LogP contribution in [0.1, 0.15) is 33.6 Å². The van der Waals surface area contributed by atoms with Gasteiger partial charge in [0.1, 0.15) is 5.78 Å². The van der Waals surface area contributed by atoms with Gasteiger partial charge in [0.15, 0.2) is 0 Å². The lowest BCUT2D eigenvalue weighted by molar-refractivity contribution is -0.123. The van der Waals surface area contributed by atoms with Crippen molar-refractivity contribution in [2.45, 2.75) is 45.8 Å². The van der Waals surface area contributed by atoms with Crippen molar-refractivity contribution in [1.29, 1.82) is 0 Å². The molecule has 0 bridgehead atoms. The molecule has 1 saturated heterocycles. The number of nitrogens with zero attached hydrogens (tertiary/aromatic N) is 1.